The molecule has 0 spiro atoms. The van der Waals surface area contributed by atoms with Gasteiger partial charge in [0.05, 0.1) is 39.6 Å². The second-order valence-electron chi connectivity index (χ2n) is 9.88. The van der Waals surface area contributed by atoms with Crippen LogP contribution in [0.2, 0.25) is 5.02 Å². The number of nitrogen functional groups attached to an aromatic ring is 1. The summed E-state index contributed by atoms with van der Waals surface area (Å²) in [6, 6.07) is 9.89. The molecule has 37 heavy (non-hydrogen) atoms. The molecule has 8 nitrogen and oxygen atoms in total. The maximum Gasteiger partial charge on any atom is 0.311 e. The molecule has 0 aliphatic carbocycles. The number of esters is 1. The number of oxazole rings is 1. The summed E-state index contributed by atoms with van der Waals surface area (Å²) < 4.78 is 24.8. The quantitative estimate of drug-likeness (QED) is 0.153. The summed E-state index contributed by atoms with van der Waals surface area (Å²) in [4.78, 5) is 16.6. The summed E-state index contributed by atoms with van der Waals surface area (Å²) in [5, 5.41) is 9.68. The van der Waals surface area contributed by atoms with Crippen LogP contribution in [0, 0.1) is 11.2 Å². The minimum absolute atomic E-state index is 0.0624. The Morgan fingerprint density at radius 3 is 2.62 bits per heavy atom. The molecule has 2 atom stereocenters. The van der Waals surface area contributed by atoms with E-state index in [-0.39, 0.29) is 22.8 Å². The molecule has 198 valence electrons. The number of hydrogen-bond donors (Lipinski definition) is 4. The molecular weight excluding hydrogens is 517 g/mol. The highest BCUT2D eigenvalue weighted by molar-refractivity contribution is 7.80. The van der Waals surface area contributed by atoms with Crippen LogP contribution in [0.5, 0.6) is 0 Å². The predicted octanol–water partition coefficient (Wildman–Crippen LogP) is 6.01. The van der Waals surface area contributed by atoms with Gasteiger partial charge in [-0.15, -0.1) is 0 Å². The highest BCUT2D eigenvalue weighted by atomic mass is 35.5. The second-order valence-corrected chi connectivity index (χ2v) is 10.7. The number of nitrogens with two attached hydrogens (primary N) is 1. The van der Waals surface area contributed by atoms with E-state index in [2.05, 4.69) is 20.9 Å². The zero-order chi connectivity index (χ0) is 27.4. The topological polar surface area (TPSA) is 114 Å². The Bertz CT molecular complexity index is 1270. The Hall–Kier alpha value is -3.37. The van der Waals surface area contributed by atoms with Gasteiger partial charge in [0.1, 0.15) is 18.7 Å². The average molecular weight is 548 g/mol. The number of anilines is 3. The highest BCUT2D eigenvalue weighted by Gasteiger charge is 2.33. The van der Waals surface area contributed by atoms with Crippen molar-refractivity contribution < 1.29 is 18.3 Å². The van der Waals surface area contributed by atoms with Crippen molar-refractivity contribution in [1.82, 2.24) is 10.3 Å². The molecule has 0 radical (unpaired) electrons. The minimum Gasteiger partial charge on any atom is -0.462 e. The minimum atomic E-state index is -1.05. The van der Waals surface area contributed by atoms with Crippen LogP contribution in [-0.4, -0.2) is 22.7 Å². The number of aromatic nitrogens is 1. The van der Waals surface area contributed by atoms with Gasteiger partial charge in [-0.1, -0.05) is 29.8 Å². The van der Waals surface area contributed by atoms with Crippen LogP contribution in [0.15, 0.2) is 53.3 Å². The molecule has 0 bridgehead atoms. The third-order valence-corrected chi connectivity index (χ3v) is 6.15. The summed E-state index contributed by atoms with van der Waals surface area (Å²) in [5.41, 5.74) is 6.97. The number of halogens is 2. The van der Waals surface area contributed by atoms with Gasteiger partial charge >= 0.3 is 5.97 Å². The van der Waals surface area contributed by atoms with Crippen LogP contribution in [0.4, 0.5) is 21.8 Å². The normalized spacial score (nSPS) is 13.8. The van der Waals surface area contributed by atoms with E-state index in [9.17, 15) is 9.18 Å². The molecule has 0 saturated carbocycles. The fourth-order valence-corrected chi connectivity index (χ4v) is 4.01. The Morgan fingerprint density at radius 2 is 2.00 bits per heavy atom. The zero-order valence-corrected chi connectivity index (χ0v) is 22.9. The SMILES string of the molecule is CC(Nc1ncco1)c1cccc(N)c1NC(=S)NC(C)(COC(=O)C(C)(C)C)c1ccc(F)c(Cl)c1. The summed E-state index contributed by atoms with van der Waals surface area (Å²) in [5.74, 6) is -0.956. The molecule has 0 aliphatic rings. The molecule has 11 heteroatoms. The van der Waals surface area contributed by atoms with Crippen molar-refractivity contribution in [2.24, 2.45) is 5.41 Å². The Balaban J connectivity index is 1.87. The second kappa shape index (κ2) is 11.4. The van der Waals surface area contributed by atoms with E-state index < -0.39 is 22.7 Å². The maximum absolute atomic E-state index is 13.9. The Kier molecular flexibility index (Phi) is 8.65. The predicted molar refractivity (Wildman–Crippen MR) is 148 cm³/mol. The van der Waals surface area contributed by atoms with Gasteiger partial charge in [-0.25, -0.2) is 9.37 Å². The first-order valence-corrected chi connectivity index (χ1v) is 12.3. The molecule has 0 aliphatic heterocycles. The van der Waals surface area contributed by atoms with E-state index in [1.807, 2.05) is 19.1 Å². The lowest BCUT2D eigenvalue weighted by atomic mass is 9.92. The van der Waals surface area contributed by atoms with Crippen LogP contribution >= 0.6 is 23.8 Å². The smallest absolute Gasteiger partial charge is 0.311 e. The van der Waals surface area contributed by atoms with E-state index in [1.54, 1.807) is 46.0 Å². The maximum atomic E-state index is 13.9. The third-order valence-electron chi connectivity index (χ3n) is 5.66. The first kappa shape index (κ1) is 28.2. The van der Waals surface area contributed by atoms with Crippen LogP contribution in [-0.2, 0) is 15.1 Å². The van der Waals surface area contributed by atoms with Gasteiger partial charge in [0.25, 0.3) is 6.01 Å². The van der Waals surface area contributed by atoms with Gasteiger partial charge in [0.15, 0.2) is 5.11 Å². The van der Waals surface area contributed by atoms with E-state index >= 15 is 0 Å². The van der Waals surface area contributed by atoms with Gasteiger partial charge in [-0.2, -0.15) is 0 Å². The van der Waals surface area contributed by atoms with Crippen LogP contribution in [0.3, 0.4) is 0 Å². The lowest BCUT2D eigenvalue weighted by Crippen LogP contribution is -2.49. The number of nitrogens with one attached hydrogen (secondary N) is 3. The first-order valence-electron chi connectivity index (χ1n) is 11.6. The summed E-state index contributed by atoms with van der Waals surface area (Å²) in [6.07, 6.45) is 3.02. The molecule has 3 rings (SSSR count). The molecule has 1 heterocycles. The molecule has 5 N–H and O–H groups in total. The van der Waals surface area contributed by atoms with Crippen LogP contribution < -0.4 is 21.7 Å². The number of thiocarbonyl (C=S) groups is 1. The van der Waals surface area contributed by atoms with Gasteiger partial charge < -0.3 is 30.8 Å². The number of benzene rings is 2. The number of nitrogens with zero attached hydrogens (tertiary/aromatic N) is 1. The Labute approximate surface area is 226 Å². The van der Waals surface area contributed by atoms with Crippen LogP contribution in [0.1, 0.15) is 51.8 Å². The molecule has 0 saturated heterocycles. The van der Waals surface area contributed by atoms with Crippen LogP contribution in [0.25, 0.3) is 0 Å². The van der Waals surface area contributed by atoms with Crippen molar-refractivity contribution in [2.75, 3.05) is 23.0 Å². The number of rotatable bonds is 8. The van der Waals surface area contributed by atoms with Crippen molar-refractivity contribution >= 4 is 52.3 Å². The fraction of sp³-hybridized carbons (Fsp3) is 0.346. The van der Waals surface area contributed by atoms with E-state index in [4.69, 9.17) is 38.7 Å². The molecule has 0 amide bonds. The number of hydrogen-bond acceptors (Lipinski definition) is 7. The van der Waals surface area contributed by atoms with E-state index in [0.717, 1.165) is 5.56 Å². The summed E-state index contributed by atoms with van der Waals surface area (Å²) >= 11 is 11.7. The standard InChI is InChI=1S/C26H31ClFN5O3S/c1-15(31-23-30-11-12-35-23)17-7-6-8-20(29)21(17)32-24(37)33-26(5,14-36-22(34)25(2,3)4)16-9-10-19(28)18(27)13-16/h6-13,15H,14,29H2,1-5H3,(H,30,31)(H2,32,33,37). The molecule has 0 fully saturated rings. The van der Waals surface area contributed by atoms with Gasteiger partial charge in [-0.05, 0) is 76.2 Å². The Morgan fingerprint density at radius 1 is 1.27 bits per heavy atom. The highest BCUT2D eigenvalue weighted by Crippen LogP contribution is 2.32. The number of carbonyl (C=O) groups is 1. The lowest BCUT2D eigenvalue weighted by Gasteiger charge is -2.34. The molecular formula is C26H31ClFN5O3S. The largest absolute Gasteiger partial charge is 0.462 e. The van der Waals surface area contributed by atoms with E-state index in [0.29, 0.717) is 23.0 Å². The van der Waals surface area contributed by atoms with E-state index in [1.165, 1.54) is 18.4 Å². The lowest BCUT2D eigenvalue weighted by molar-refractivity contribution is -0.155. The monoisotopic (exact) mass is 547 g/mol. The molecule has 3 aromatic rings. The third kappa shape index (κ3) is 7.11. The van der Waals surface area contributed by atoms with Crippen molar-refractivity contribution in [3.05, 3.63) is 70.8 Å². The van der Waals surface area contributed by atoms with Crippen molar-refractivity contribution in [3.63, 3.8) is 0 Å². The summed E-state index contributed by atoms with van der Waals surface area (Å²) in [6.45, 7) is 8.89. The van der Waals surface area contributed by atoms with Gasteiger partial charge in [0, 0.05) is 0 Å². The molecule has 1 aromatic heterocycles. The average Bonchev–Trinajstić information content (AvgIpc) is 3.32. The number of para-hydroxylation sites is 1. The molecule has 2 unspecified atom stereocenters. The molecule has 2 aromatic carbocycles. The van der Waals surface area contributed by atoms with Crippen molar-refractivity contribution in [1.29, 1.82) is 0 Å². The zero-order valence-electron chi connectivity index (χ0n) is 21.3. The number of carbonyl (C=O) groups excluding carboxylic acids is 1. The fourth-order valence-electron chi connectivity index (χ4n) is 3.50. The summed E-state index contributed by atoms with van der Waals surface area (Å²) in [7, 11) is 0. The van der Waals surface area contributed by atoms with Crippen molar-refractivity contribution in [2.45, 2.75) is 46.2 Å². The van der Waals surface area contributed by atoms with Gasteiger partial charge in [-0.3, -0.25) is 4.79 Å². The first-order chi connectivity index (χ1) is 17.3. The van der Waals surface area contributed by atoms with Gasteiger partial charge in [0.2, 0.25) is 0 Å². The van der Waals surface area contributed by atoms with Crippen molar-refractivity contribution in [3.8, 4) is 0 Å². The number of ether oxygens (including phenoxy) is 1.